The Bertz CT molecular complexity index is 391. The van der Waals surface area contributed by atoms with E-state index >= 15 is 0 Å². The van der Waals surface area contributed by atoms with Gasteiger partial charge in [-0.3, -0.25) is 0 Å². The first-order valence-electron chi connectivity index (χ1n) is 5.55. The van der Waals surface area contributed by atoms with Crippen molar-refractivity contribution in [3.63, 3.8) is 0 Å². The molecule has 3 heteroatoms. The molecule has 0 amide bonds. The Morgan fingerprint density at radius 2 is 2.20 bits per heavy atom. The zero-order valence-electron chi connectivity index (χ0n) is 8.54. The minimum atomic E-state index is -0.282. The van der Waals surface area contributed by atoms with Crippen molar-refractivity contribution >= 4 is 5.69 Å². The van der Waals surface area contributed by atoms with Crippen molar-refractivity contribution in [2.75, 3.05) is 5.73 Å². The normalized spacial score (nSPS) is 33.5. The van der Waals surface area contributed by atoms with E-state index < -0.39 is 0 Å². The van der Waals surface area contributed by atoms with Gasteiger partial charge >= 0.3 is 0 Å². The highest BCUT2D eigenvalue weighted by atomic mass is 19.1. The highest BCUT2D eigenvalue weighted by Crippen LogP contribution is 2.40. The number of nitrogen functional groups attached to an aromatic ring is 1. The van der Waals surface area contributed by atoms with Crippen molar-refractivity contribution in [2.45, 2.75) is 37.3 Å². The van der Waals surface area contributed by atoms with E-state index in [0.717, 1.165) is 12.0 Å². The van der Waals surface area contributed by atoms with Gasteiger partial charge in [0.2, 0.25) is 0 Å². The van der Waals surface area contributed by atoms with Gasteiger partial charge < -0.3 is 11.1 Å². The summed E-state index contributed by atoms with van der Waals surface area (Å²) in [6, 6.07) is 6.45. The fourth-order valence-electron chi connectivity index (χ4n) is 2.97. The van der Waals surface area contributed by atoms with Gasteiger partial charge in [-0.25, -0.2) is 4.39 Å². The molecule has 0 radical (unpaired) electrons. The lowest BCUT2D eigenvalue weighted by Crippen LogP contribution is -2.21. The van der Waals surface area contributed by atoms with Gasteiger partial charge in [0.15, 0.2) is 0 Å². The minimum absolute atomic E-state index is 0.245. The van der Waals surface area contributed by atoms with Crippen molar-refractivity contribution in [1.29, 1.82) is 0 Å². The van der Waals surface area contributed by atoms with Gasteiger partial charge in [0.1, 0.15) is 5.82 Å². The quantitative estimate of drug-likeness (QED) is 0.690. The lowest BCUT2D eigenvalue weighted by Gasteiger charge is -2.20. The summed E-state index contributed by atoms with van der Waals surface area (Å²) in [5, 5.41) is 3.56. The zero-order valence-corrected chi connectivity index (χ0v) is 8.54. The maximum Gasteiger partial charge on any atom is 0.146 e. The Morgan fingerprint density at radius 3 is 2.80 bits per heavy atom. The third kappa shape index (κ3) is 1.42. The van der Waals surface area contributed by atoms with Crippen LogP contribution in [-0.4, -0.2) is 12.1 Å². The van der Waals surface area contributed by atoms with Gasteiger partial charge in [-0.2, -0.15) is 0 Å². The predicted octanol–water partition coefficient (Wildman–Crippen LogP) is 2.02. The number of hydrogen-bond donors (Lipinski definition) is 2. The molecule has 2 fully saturated rings. The molecule has 2 aliphatic rings. The Balaban J connectivity index is 1.90. The molecule has 0 saturated carbocycles. The number of halogens is 1. The Labute approximate surface area is 88.7 Å². The molecular weight excluding hydrogens is 191 g/mol. The average Bonchev–Trinajstić information content (AvgIpc) is 2.83. The van der Waals surface area contributed by atoms with Crippen LogP contribution in [0.4, 0.5) is 10.1 Å². The van der Waals surface area contributed by atoms with E-state index in [1.807, 2.05) is 6.07 Å². The molecule has 0 aliphatic carbocycles. The first-order valence-corrected chi connectivity index (χ1v) is 5.55. The third-order valence-electron chi connectivity index (χ3n) is 3.75. The van der Waals surface area contributed by atoms with Crippen LogP contribution in [0.3, 0.4) is 0 Å². The molecule has 2 aliphatic heterocycles. The highest BCUT2D eigenvalue weighted by molar-refractivity contribution is 5.43. The van der Waals surface area contributed by atoms with Crippen molar-refractivity contribution < 1.29 is 4.39 Å². The molecule has 3 atom stereocenters. The summed E-state index contributed by atoms with van der Waals surface area (Å²) in [4.78, 5) is 0. The molecule has 3 unspecified atom stereocenters. The monoisotopic (exact) mass is 206 g/mol. The topological polar surface area (TPSA) is 38.0 Å². The van der Waals surface area contributed by atoms with Crippen LogP contribution in [0.1, 0.15) is 30.7 Å². The largest absolute Gasteiger partial charge is 0.396 e. The lowest BCUT2D eigenvalue weighted by molar-refractivity contribution is 0.503. The first-order chi connectivity index (χ1) is 7.24. The third-order valence-corrected chi connectivity index (χ3v) is 3.75. The fraction of sp³-hybridized carbons (Fsp3) is 0.500. The second-order valence-corrected chi connectivity index (χ2v) is 4.67. The van der Waals surface area contributed by atoms with Crippen molar-refractivity contribution in [2.24, 2.45) is 0 Å². The minimum Gasteiger partial charge on any atom is -0.396 e. The maximum atomic E-state index is 13.3. The average molecular weight is 206 g/mol. The van der Waals surface area contributed by atoms with Crippen LogP contribution in [0.25, 0.3) is 0 Å². The molecular formula is C12H15FN2. The van der Waals surface area contributed by atoms with Crippen molar-refractivity contribution in [3.05, 3.63) is 29.6 Å². The molecule has 1 aromatic rings. The van der Waals surface area contributed by atoms with E-state index in [9.17, 15) is 4.39 Å². The number of hydrogen-bond acceptors (Lipinski definition) is 2. The van der Waals surface area contributed by atoms with Gasteiger partial charge in [0, 0.05) is 18.0 Å². The Kier molecular flexibility index (Phi) is 1.96. The summed E-state index contributed by atoms with van der Waals surface area (Å²) in [5.74, 6) is 0.203. The number of rotatable bonds is 1. The SMILES string of the molecule is Nc1ccc(C2CC3CCC2N3)cc1F. The van der Waals surface area contributed by atoms with Crippen LogP contribution >= 0.6 is 0 Å². The van der Waals surface area contributed by atoms with E-state index in [4.69, 9.17) is 5.73 Å². The first kappa shape index (κ1) is 9.16. The number of anilines is 1. The predicted molar refractivity (Wildman–Crippen MR) is 58.1 cm³/mol. The number of fused-ring (bicyclic) bond motifs is 2. The number of benzene rings is 1. The molecule has 2 heterocycles. The second kappa shape index (κ2) is 3.20. The Hall–Kier alpha value is -1.09. The maximum absolute atomic E-state index is 13.3. The van der Waals surface area contributed by atoms with Crippen LogP contribution in [0, 0.1) is 5.82 Å². The van der Waals surface area contributed by atoms with Gasteiger partial charge in [0.25, 0.3) is 0 Å². The molecule has 0 aromatic heterocycles. The zero-order chi connectivity index (χ0) is 10.4. The van der Waals surface area contributed by atoms with Crippen LogP contribution in [0.2, 0.25) is 0 Å². The summed E-state index contributed by atoms with van der Waals surface area (Å²) >= 11 is 0. The van der Waals surface area contributed by atoms with Gasteiger partial charge in [-0.15, -0.1) is 0 Å². The molecule has 2 nitrogen and oxygen atoms in total. The van der Waals surface area contributed by atoms with Crippen LogP contribution in [0.15, 0.2) is 18.2 Å². The van der Waals surface area contributed by atoms with Crippen molar-refractivity contribution in [1.82, 2.24) is 5.32 Å². The summed E-state index contributed by atoms with van der Waals surface area (Å²) in [7, 11) is 0. The summed E-state index contributed by atoms with van der Waals surface area (Å²) in [6.45, 7) is 0. The van der Waals surface area contributed by atoms with E-state index in [-0.39, 0.29) is 11.5 Å². The molecule has 80 valence electrons. The smallest absolute Gasteiger partial charge is 0.146 e. The molecule has 3 rings (SSSR count). The van der Waals surface area contributed by atoms with E-state index in [2.05, 4.69) is 5.32 Å². The standard InChI is InChI=1S/C12H15FN2/c13-10-5-7(1-3-11(10)14)9-6-8-2-4-12(9)15-8/h1,3,5,8-9,12,15H,2,4,6,14H2. The number of nitrogens with two attached hydrogens (primary N) is 1. The van der Waals surface area contributed by atoms with Gasteiger partial charge in [-0.1, -0.05) is 6.07 Å². The van der Waals surface area contributed by atoms with Gasteiger partial charge in [0.05, 0.1) is 5.69 Å². The van der Waals surface area contributed by atoms with Crippen molar-refractivity contribution in [3.8, 4) is 0 Å². The summed E-state index contributed by atoms with van der Waals surface area (Å²) in [6.07, 6.45) is 3.65. The summed E-state index contributed by atoms with van der Waals surface area (Å²) in [5.41, 5.74) is 6.82. The van der Waals surface area contributed by atoms with Crippen LogP contribution < -0.4 is 11.1 Å². The molecule has 15 heavy (non-hydrogen) atoms. The van der Waals surface area contributed by atoms with E-state index in [1.165, 1.54) is 12.8 Å². The van der Waals surface area contributed by atoms with Crippen LogP contribution in [-0.2, 0) is 0 Å². The second-order valence-electron chi connectivity index (χ2n) is 4.67. The van der Waals surface area contributed by atoms with Gasteiger partial charge in [-0.05, 0) is 37.0 Å². The number of nitrogens with one attached hydrogen (secondary N) is 1. The van der Waals surface area contributed by atoms with Crippen LogP contribution in [0.5, 0.6) is 0 Å². The molecule has 0 spiro atoms. The molecule has 1 aromatic carbocycles. The molecule has 3 N–H and O–H groups in total. The lowest BCUT2D eigenvalue weighted by atomic mass is 9.84. The Morgan fingerprint density at radius 1 is 1.33 bits per heavy atom. The summed E-state index contributed by atoms with van der Waals surface area (Å²) < 4.78 is 13.3. The van der Waals surface area contributed by atoms with E-state index in [1.54, 1.807) is 12.1 Å². The molecule has 2 bridgehead atoms. The highest BCUT2D eigenvalue weighted by Gasteiger charge is 2.39. The fourth-order valence-corrected chi connectivity index (χ4v) is 2.97. The van der Waals surface area contributed by atoms with E-state index in [0.29, 0.717) is 18.0 Å². The molecule has 2 saturated heterocycles.